The molecule has 2 heterocycles. The van der Waals surface area contributed by atoms with E-state index in [0.717, 1.165) is 25.9 Å². The Hall–Kier alpha value is -2.17. The second-order valence-electron chi connectivity index (χ2n) is 6.99. The number of piperidine rings is 1. The van der Waals surface area contributed by atoms with E-state index in [1.165, 1.54) is 6.07 Å². The maximum absolute atomic E-state index is 12.9. The van der Waals surface area contributed by atoms with Gasteiger partial charge in [-0.1, -0.05) is 0 Å². The molecular formula is C18H27N5O2. The first kappa shape index (κ1) is 19.2. The summed E-state index contributed by atoms with van der Waals surface area (Å²) in [5.41, 5.74) is 0.451. The number of amides is 1. The molecule has 1 aromatic heterocycles. The number of likely N-dealkylation sites (tertiary alicyclic amines) is 1. The average Bonchev–Trinajstić information content (AvgIpc) is 2.59. The van der Waals surface area contributed by atoms with Gasteiger partial charge in [-0.3, -0.25) is 9.59 Å². The number of rotatable bonds is 5. The molecule has 25 heavy (non-hydrogen) atoms. The summed E-state index contributed by atoms with van der Waals surface area (Å²) in [4.78, 5) is 33.5. The Labute approximate surface area is 148 Å². The van der Waals surface area contributed by atoms with Crippen molar-refractivity contribution in [2.75, 3.05) is 47.3 Å². The third kappa shape index (κ3) is 4.68. The number of nitriles is 1. The Balaban J connectivity index is 2.12. The van der Waals surface area contributed by atoms with Gasteiger partial charge in [0.05, 0.1) is 5.56 Å². The summed E-state index contributed by atoms with van der Waals surface area (Å²) in [7, 11) is 6.20. The van der Waals surface area contributed by atoms with Crippen molar-refractivity contribution in [3.63, 3.8) is 0 Å². The van der Waals surface area contributed by atoms with E-state index in [4.69, 9.17) is 5.26 Å². The Morgan fingerprint density at radius 1 is 1.40 bits per heavy atom. The number of aromatic nitrogens is 1. The highest BCUT2D eigenvalue weighted by Gasteiger charge is 2.28. The second-order valence-corrected chi connectivity index (χ2v) is 6.99. The fraction of sp³-hybridized carbons (Fsp3) is 0.611. The van der Waals surface area contributed by atoms with Gasteiger partial charge in [0.15, 0.2) is 0 Å². The number of carbonyl (C=O) groups is 1. The standard InChI is InChI=1S/C18H27N5O2/c1-13-16(10-14(11-19)17(24)20-13)18(25)23-7-5-6-15(12-23)22(4)9-8-21(2)3/h10,15H,5-9,12H2,1-4H3,(H,20,24)/t15-/m0/s1. The highest BCUT2D eigenvalue weighted by atomic mass is 16.2. The molecule has 0 aromatic carbocycles. The van der Waals surface area contributed by atoms with Gasteiger partial charge in [-0.25, -0.2) is 0 Å². The number of likely N-dealkylation sites (N-methyl/N-ethyl adjacent to an activating group) is 2. The van der Waals surface area contributed by atoms with Crippen molar-refractivity contribution in [2.24, 2.45) is 0 Å². The van der Waals surface area contributed by atoms with E-state index in [2.05, 4.69) is 35.9 Å². The van der Waals surface area contributed by atoms with E-state index in [1.807, 2.05) is 11.0 Å². The fourth-order valence-corrected chi connectivity index (χ4v) is 3.14. The predicted molar refractivity (Wildman–Crippen MR) is 96.6 cm³/mol. The van der Waals surface area contributed by atoms with Crippen LogP contribution in [0.2, 0.25) is 0 Å². The first-order valence-electron chi connectivity index (χ1n) is 8.61. The number of nitrogens with one attached hydrogen (secondary N) is 1. The number of carbonyl (C=O) groups excluding carboxylic acids is 1. The van der Waals surface area contributed by atoms with E-state index in [9.17, 15) is 9.59 Å². The van der Waals surface area contributed by atoms with Gasteiger partial charge in [0.1, 0.15) is 11.6 Å². The normalized spacial score (nSPS) is 17.8. The maximum Gasteiger partial charge on any atom is 0.266 e. The molecule has 1 saturated heterocycles. The highest BCUT2D eigenvalue weighted by molar-refractivity contribution is 5.95. The van der Waals surface area contributed by atoms with Crippen LogP contribution in [0.25, 0.3) is 0 Å². The van der Waals surface area contributed by atoms with Gasteiger partial charge < -0.3 is 19.7 Å². The number of H-pyrrole nitrogens is 1. The van der Waals surface area contributed by atoms with Crippen LogP contribution >= 0.6 is 0 Å². The molecule has 2 rings (SSSR count). The zero-order valence-electron chi connectivity index (χ0n) is 15.5. The molecule has 7 nitrogen and oxygen atoms in total. The fourth-order valence-electron chi connectivity index (χ4n) is 3.14. The molecule has 1 amide bonds. The summed E-state index contributed by atoms with van der Waals surface area (Å²) in [5.74, 6) is -0.115. The summed E-state index contributed by atoms with van der Waals surface area (Å²) in [6.45, 7) is 5.00. The van der Waals surface area contributed by atoms with Crippen molar-refractivity contribution in [1.82, 2.24) is 19.7 Å². The van der Waals surface area contributed by atoms with Crippen LogP contribution in [0.5, 0.6) is 0 Å². The zero-order chi connectivity index (χ0) is 18.6. The van der Waals surface area contributed by atoms with Crippen LogP contribution in [0.3, 0.4) is 0 Å². The van der Waals surface area contributed by atoms with Crippen LogP contribution in [-0.4, -0.2) is 79.0 Å². The molecule has 0 aliphatic carbocycles. The second kappa shape index (κ2) is 8.28. The molecule has 1 fully saturated rings. The Morgan fingerprint density at radius 3 is 2.76 bits per heavy atom. The van der Waals surface area contributed by atoms with Crippen LogP contribution in [-0.2, 0) is 0 Å². The first-order valence-corrected chi connectivity index (χ1v) is 8.61. The van der Waals surface area contributed by atoms with Crippen molar-refractivity contribution < 1.29 is 4.79 Å². The molecule has 7 heteroatoms. The zero-order valence-corrected chi connectivity index (χ0v) is 15.5. The molecule has 1 aliphatic heterocycles. The smallest absolute Gasteiger partial charge is 0.266 e. The molecule has 0 unspecified atom stereocenters. The van der Waals surface area contributed by atoms with Gasteiger partial charge in [-0.2, -0.15) is 5.26 Å². The minimum absolute atomic E-state index is 0.0226. The SMILES string of the molecule is Cc1[nH]c(=O)c(C#N)cc1C(=O)N1CCC[C@H](N(C)CCN(C)C)C1. The molecule has 0 radical (unpaired) electrons. The molecule has 1 aliphatic rings. The van der Waals surface area contributed by atoms with E-state index in [1.54, 1.807) is 6.92 Å². The summed E-state index contributed by atoms with van der Waals surface area (Å²) in [6, 6.07) is 3.59. The summed E-state index contributed by atoms with van der Waals surface area (Å²) >= 11 is 0. The predicted octanol–water partition coefficient (Wildman–Crippen LogP) is 0.653. The quantitative estimate of drug-likeness (QED) is 0.847. The van der Waals surface area contributed by atoms with Gasteiger partial charge in [0.25, 0.3) is 11.5 Å². The lowest BCUT2D eigenvalue weighted by Crippen LogP contribution is -2.50. The lowest BCUT2D eigenvalue weighted by Gasteiger charge is -2.38. The van der Waals surface area contributed by atoms with E-state index in [0.29, 0.717) is 30.4 Å². The lowest BCUT2D eigenvalue weighted by molar-refractivity contribution is 0.0602. The molecular weight excluding hydrogens is 318 g/mol. The number of aryl methyl sites for hydroxylation is 1. The minimum Gasteiger partial charge on any atom is -0.337 e. The molecule has 0 saturated carbocycles. The summed E-state index contributed by atoms with van der Waals surface area (Å²) < 4.78 is 0. The maximum atomic E-state index is 12.9. The van der Waals surface area contributed by atoms with Crippen LogP contribution in [0.1, 0.15) is 34.5 Å². The van der Waals surface area contributed by atoms with E-state index in [-0.39, 0.29) is 11.5 Å². The number of aromatic amines is 1. The molecule has 0 spiro atoms. The van der Waals surface area contributed by atoms with Crippen LogP contribution in [0.4, 0.5) is 0 Å². The molecule has 1 atom stereocenters. The Bertz CT molecular complexity index is 719. The monoisotopic (exact) mass is 345 g/mol. The van der Waals surface area contributed by atoms with Crippen molar-refractivity contribution in [1.29, 1.82) is 5.26 Å². The van der Waals surface area contributed by atoms with Crippen LogP contribution in [0.15, 0.2) is 10.9 Å². The Morgan fingerprint density at radius 2 is 2.12 bits per heavy atom. The lowest BCUT2D eigenvalue weighted by atomic mass is 10.0. The topological polar surface area (TPSA) is 83.4 Å². The van der Waals surface area contributed by atoms with Gasteiger partial charge >= 0.3 is 0 Å². The Kier molecular flexibility index (Phi) is 6.34. The third-order valence-corrected chi connectivity index (χ3v) is 4.80. The van der Waals surface area contributed by atoms with E-state index >= 15 is 0 Å². The molecule has 1 N–H and O–H groups in total. The highest BCUT2D eigenvalue weighted by Crippen LogP contribution is 2.18. The van der Waals surface area contributed by atoms with Gasteiger partial charge in [0.2, 0.25) is 0 Å². The first-order chi connectivity index (χ1) is 11.8. The molecule has 136 valence electrons. The summed E-state index contributed by atoms with van der Waals surface area (Å²) in [6.07, 6.45) is 2.03. The van der Waals surface area contributed by atoms with Gasteiger partial charge in [-0.05, 0) is 47.0 Å². The number of hydrogen-bond acceptors (Lipinski definition) is 5. The van der Waals surface area contributed by atoms with Crippen LogP contribution < -0.4 is 5.56 Å². The van der Waals surface area contributed by atoms with Crippen molar-refractivity contribution in [3.8, 4) is 6.07 Å². The van der Waals surface area contributed by atoms with Crippen molar-refractivity contribution >= 4 is 5.91 Å². The van der Waals surface area contributed by atoms with Crippen LogP contribution in [0, 0.1) is 18.3 Å². The van der Waals surface area contributed by atoms with Gasteiger partial charge in [-0.15, -0.1) is 0 Å². The minimum atomic E-state index is -0.448. The largest absolute Gasteiger partial charge is 0.337 e. The van der Waals surface area contributed by atoms with E-state index < -0.39 is 5.56 Å². The number of pyridine rings is 1. The number of nitrogens with zero attached hydrogens (tertiary/aromatic N) is 4. The third-order valence-electron chi connectivity index (χ3n) is 4.80. The number of hydrogen-bond donors (Lipinski definition) is 1. The summed E-state index contributed by atoms with van der Waals surface area (Å²) in [5, 5.41) is 9.04. The molecule has 1 aromatic rings. The average molecular weight is 345 g/mol. The van der Waals surface area contributed by atoms with Crippen molar-refractivity contribution in [2.45, 2.75) is 25.8 Å². The van der Waals surface area contributed by atoms with Crippen molar-refractivity contribution in [3.05, 3.63) is 33.2 Å². The molecule has 0 bridgehead atoms. The van der Waals surface area contributed by atoms with Gasteiger partial charge in [0, 0.05) is 37.9 Å².